The van der Waals surface area contributed by atoms with E-state index in [1.54, 1.807) is 12.1 Å². The van der Waals surface area contributed by atoms with E-state index in [0.717, 1.165) is 36.3 Å². The molecule has 0 spiro atoms. The van der Waals surface area contributed by atoms with Gasteiger partial charge in [-0.15, -0.1) is 0 Å². The van der Waals surface area contributed by atoms with Crippen LogP contribution in [-0.4, -0.2) is 22.2 Å². The molecule has 1 amide bonds. The quantitative estimate of drug-likeness (QED) is 0.641. The van der Waals surface area contributed by atoms with Gasteiger partial charge in [0.2, 0.25) is 5.91 Å². The van der Waals surface area contributed by atoms with Crippen molar-refractivity contribution < 1.29 is 4.79 Å². The highest BCUT2D eigenvalue weighted by Gasteiger charge is 2.22. The van der Waals surface area contributed by atoms with Gasteiger partial charge in [0.25, 0.3) is 5.56 Å². The Hall–Kier alpha value is -3.21. The first kappa shape index (κ1) is 20.1. The first-order valence-electron chi connectivity index (χ1n) is 10.6. The van der Waals surface area contributed by atoms with Gasteiger partial charge < -0.3 is 4.90 Å². The van der Waals surface area contributed by atoms with Gasteiger partial charge in [-0.25, -0.2) is 4.68 Å². The fourth-order valence-corrected chi connectivity index (χ4v) is 3.99. The Kier molecular flexibility index (Phi) is 5.79. The molecule has 0 saturated heterocycles. The van der Waals surface area contributed by atoms with Crippen LogP contribution in [0.1, 0.15) is 36.0 Å². The molecule has 0 atom stereocenters. The number of rotatable bonds is 5. The molecule has 0 saturated carbocycles. The molecule has 0 radical (unpaired) electrons. The molecule has 154 valence electrons. The van der Waals surface area contributed by atoms with Crippen LogP contribution in [0.25, 0.3) is 11.3 Å². The highest BCUT2D eigenvalue weighted by Crippen LogP contribution is 2.28. The second kappa shape index (κ2) is 8.66. The number of aryl methyl sites for hydroxylation is 4. The lowest BCUT2D eigenvalue weighted by Gasteiger charge is -2.30. The minimum absolute atomic E-state index is 0.113. The van der Waals surface area contributed by atoms with E-state index in [4.69, 9.17) is 0 Å². The topological polar surface area (TPSA) is 55.2 Å². The molecule has 30 heavy (non-hydrogen) atoms. The highest BCUT2D eigenvalue weighted by molar-refractivity contribution is 5.94. The molecule has 2 aromatic carbocycles. The molecule has 1 aliphatic heterocycles. The number of hydrogen-bond acceptors (Lipinski definition) is 3. The molecule has 3 aromatic rings. The average Bonchev–Trinajstić information content (AvgIpc) is 2.75. The number of carbonyl (C=O) groups excluding carboxylic acids is 1. The molecule has 2 heterocycles. The molecule has 0 unspecified atom stereocenters. The summed E-state index contributed by atoms with van der Waals surface area (Å²) in [6.45, 7) is 5.31. The van der Waals surface area contributed by atoms with Gasteiger partial charge in [0.05, 0.1) is 5.69 Å². The Labute approximate surface area is 177 Å². The van der Waals surface area contributed by atoms with E-state index < -0.39 is 0 Å². The van der Waals surface area contributed by atoms with E-state index in [9.17, 15) is 9.59 Å². The number of carbonyl (C=O) groups is 1. The van der Waals surface area contributed by atoms with Gasteiger partial charge in [0.15, 0.2) is 0 Å². The molecular weight excluding hydrogens is 374 g/mol. The minimum atomic E-state index is -0.142. The summed E-state index contributed by atoms with van der Waals surface area (Å²) in [5, 5.41) is 4.51. The van der Waals surface area contributed by atoms with Crippen molar-refractivity contribution in [1.29, 1.82) is 0 Å². The normalized spacial score (nSPS) is 13.2. The lowest BCUT2D eigenvalue weighted by atomic mass is 9.99. The van der Waals surface area contributed by atoms with E-state index >= 15 is 0 Å². The molecule has 0 fully saturated rings. The fourth-order valence-electron chi connectivity index (χ4n) is 3.99. The van der Waals surface area contributed by atoms with Crippen LogP contribution < -0.4 is 10.5 Å². The largest absolute Gasteiger partial charge is 0.312 e. The van der Waals surface area contributed by atoms with Crippen molar-refractivity contribution in [2.45, 2.75) is 46.1 Å². The van der Waals surface area contributed by atoms with Crippen molar-refractivity contribution in [3.63, 3.8) is 0 Å². The number of benzene rings is 2. The van der Waals surface area contributed by atoms with Gasteiger partial charge >= 0.3 is 0 Å². The molecule has 0 bridgehead atoms. The van der Waals surface area contributed by atoms with E-state index in [2.05, 4.69) is 30.2 Å². The molecule has 0 N–H and O–H groups in total. The summed E-state index contributed by atoms with van der Waals surface area (Å²) in [5.41, 5.74) is 6.29. The van der Waals surface area contributed by atoms with Gasteiger partial charge in [-0.1, -0.05) is 47.5 Å². The van der Waals surface area contributed by atoms with Crippen molar-refractivity contribution in [2.75, 3.05) is 11.4 Å². The molecule has 4 rings (SSSR count). The standard InChI is InChI=1S/C25H27N3O2/c1-18-7-10-20(11-8-18)22-12-14-25(30)28(26-22)16-4-6-24(29)27-15-3-5-21-17-19(2)9-13-23(21)27/h7-14,17H,3-6,15-16H2,1-2H3. The van der Waals surface area contributed by atoms with E-state index in [1.165, 1.54) is 21.4 Å². The second-order valence-corrected chi connectivity index (χ2v) is 8.03. The molecule has 5 nitrogen and oxygen atoms in total. The number of hydrogen-bond donors (Lipinski definition) is 0. The van der Waals surface area contributed by atoms with Crippen LogP contribution in [0.2, 0.25) is 0 Å². The third kappa shape index (κ3) is 4.35. The summed E-state index contributed by atoms with van der Waals surface area (Å²) in [7, 11) is 0. The van der Waals surface area contributed by atoms with E-state index in [1.807, 2.05) is 36.1 Å². The minimum Gasteiger partial charge on any atom is -0.312 e. The average molecular weight is 402 g/mol. The third-order valence-corrected chi connectivity index (χ3v) is 5.63. The summed E-state index contributed by atoms with van der Waals surface area (Å²) in [6.07, 6.45) is 2.99. The van der Waals surface area contributed by atoms with Crippen molar-refractivity contribution in [3.05, 3.63) is 81.6 Å². The van der Waals surface area contributed by atoms with Crippen molar-refractivity contribution in [2.24, 2.45) is 0 Å². The molecule has 0 aliphatic carbocycles. The zero-order valence-corrected chi connectivity index (χ0v) is 17.6. The molecule has 1 aromatic heterocycles. The Balaban J connectivity index is 1.42. The van der Waals surface area contributed by atoms with Crippen molar-refractivity contribution in [1.82, 2.24) is 9.78 Å². The highest BCUT2D eigenvalue weighted by atomic mass is 16.2. The van der Waals surface area contributed by atoms with Crippen molar-refractivity contribution in [3.8, 4) is 11.3 Å². The number of anilines is 1. The van der Waals surface area contributed by atoms with Crippen LogP contribution in [0.5, 0.6) is 0 Å². The molecule has 1 aliphatic rings. The molecular formula is C25H27N3O2. The maximum absolute atomic E-state index is 12.9. The predicted octanol–water partition coefficient (Wildman–Crippen LogP) is 4.29. The Bertz CT molecular complexity index is 1120. The van der Waals surface area contributed by atoms with Crippen LogP contribution in [0.15, 0.2) is 59.4 Å². The van der Waals surface area contributed by atoms with Crippen LogP contribution >= 0.6 is 0 Å². The zero-order chi connectivity index (χ0) is 21.1. The smallest absolute Gasteiger partial charge is 0.266 e. The summed E-state index contributed by atoms with van der Waals surface area (Å²) >= 11 is 0. The number of amides is 1. The van der Waals surface area contributed by atoms with Crippen LogP contribution in [0.3, 0.4) is 0 Å². The van der Waals surface area contributed by atoms with Gasteiger partial charge in [-0.05, 0) is 50.8 Å². The summed E-state index contributed by atoms with van der Waals surface area (Å²) in [6, 6.07) is 17.7. The Morgan fingerprint density at radius 1 is 1.00 bits per heavy atom. The number of nitrogens with zero attached hydrogens (tertiary/aromatic N) is 3. The van der Waals surface area contributed by atoms with Crippen molar-refractivity contribution >= 4 is 11.6 Å². The summed E-state index contributed by atoms with van der Waals surface area (Å²) in [5.74, 6) is 0.113. The second-order valence-electron chi connectivity index (χ2n) is 8.03. The van der Waals surface area contributed by atoms with Gasteiger partial charge in [0, 0.05) is 36.8 Å². The Morgan fingerprint density at radius 2 is 1.77 bits per heavy atom. The maximum atomic E-state index is 12.9. The number of aromatic nitrogens is 2. The Morgan fingerprint density at radius 3 is 2.57 bits per heavy atom. The lowest BCUT2D eigenvalue weighted by molar-refractivity contribution is -0.118. The molecule has 5 heteroatoms. The van der Waals surface area contributed by atoms with E-state index in [0.29, 0.717) is 19.4 Å². The first-order chi connectivity index (χ1) is 14.5. The van der Waals surface area contributed by atoms with Crippen LogP contribution in [0, 0.1) is 13.8 Å². The monoisotopic (exact) mass is 401 g/mol. The first-order valence-corrected chi connectivity index (χ1v) is 10.6. The van der Waals surface area contributed by atoms with Crippen LogP contribution in [-0.2, 0) is 17.8 Å². The van der Waals surface area contributed by atoms with Gasteiger partial charge in [-0.2, -0.15) is 5.10 Å². The summed E-state index contributed by atoms with van der Waals surface area (Å²) < 4.78 is 1.47. The van der Waals surface area contributed by atoms with E-state index in [-0.39, 0.29) is 11.5 Å². The van der Waals surface area contributed by atoms with Gasteiger partial charge in [0.1, 0.15) is 0 Å². The SMILES string of the molecule is Cc1ccc(-c2ccc(=O)n(CCCC(=O)N3CCCc4cc(C)ccc43)n2)cc1. The number of fused-ring (bicyclic) bond motifs is 1. The maximum Gasteiger partial charge on any atom is 0.266 e. The fraction of sp³-hybridized carbons (Fsp3) is 0.320. The lowest BCUT2D eigenvalue weighted by Crippen LogP contribution is -2.35. The third-order valence-electron chi connectivity index (χ3n) is 5.63. The predicted molar refractivity (Wildman–Crippen MR) is 120 cm³/mol. The van der Waals surface area contributed by atoms with Gasteiger partial charge in [-0.3, -0.25) is 9.59 Å². The van der Waals surface area contributed by atoms with Crippen LogP contribution in [0.4, 0.5) is 5.69 Å². The summed E-state index contributed by atoms with van der Waals surface area (Å²) in [4.78, 5) is 27.0. The zero-order valence-electron chi connectivity index (χ0n) is 17.6.